The average molecular weight is 304 g/mol. The Morgan fingerprint density at radius 3 is 2.62 bits per heavy atom. The number of nitrogen functional groups attached to an aromatic ring is 1. The summed E-state index contributed by atoms with van der Waals surface area (Å²) in [5, 5.41) is 3.07. The Kier molecular flexibility index (Phi) is 4.47. The highest BCUT2D eigenvalue weighted by Gasteiger charge is 2.17. The zero-order chi connectivity index (χ0) is 15.6. The molecule has 21 heavy (non-hydrogen) atoms. The number of hydrogen-bond acceptors (Lipinski definition) is 5. The first kappa shape index (κ1) is 15.3. The molecule has 0 aliphatic heterocycles. The van der Waals surface area contributed by atoms with Gasteiger partial charge in [0.2, 0.25) is 0 Å². The minimum atomic E-state index is -0.0358. The normalized spacial score (nSPS) is 10.5. The van der Waals surface area contributed by atoms with E-state index in [1.54, 1.807) is 42.5 Å². The van der Waals surface area contributed by atoms with Crippen molar-refractivity contribution in [3.05, 3.63) is 39.8 Å². The Hall–Kier alpha value is -2.08. The molecule has 1 aromatic carbocycles. The SMILES string of the molecule is Cc1nc(CN(C)c2cc(N)ccc2C(=O)N(C)C)cs1. The lowest BCUT2D eigenvalue weighted by Gasteiger charge is -2.23. The first-order valence-corrected chi connectivity index (χ1v) is 7.49. The molecular weight excluding hydrogens is 284 g/mol. The summed E-state index contributed by atoms with van der Waals surface area (Å²) in [6.07, 6.45) is 0. The van der Waals surface area contributed by atoms with Gasteiger partial charge >= 0.3 is 0 Å². The van der Waals surface area contributed by atoms with Crippen LogP contribution in [0.2, 0.25) is 0 Å². The second-order valence-electron chi connectivity index (χ2n) is 5.19. The molecule has 0 unspecified atom stereocenters. The van der Waals surface area contributed by atoms with Gasteiger partial charge in [-0.15, -0.1) is 11.3 Å². The Bertz CT molecular complexity index is 651. The Morgan fingerprint density at radius 2 is 2.05 bits per heavy atom. The van der Waals surface area contributed by atoms with E-state index in [2.05, 4.69) is 4.98 Å². The third-order valence-corrected chi connectivity index (χ3v) is 3.96. The van der Waals surface area contributed by atoms with Crippen LogP contribution in [0.25, 0.3) is 0 Å². The molecule has 0 saturated carbocycles. The van der Waals surface area contributed by atoms with Crippen LogP contribution in [0.15, 0.2) is 23.6 Å². The predicted octanol–water partition coefficient (Wildman–Crippen LogP) is 2.37. The highest BCUT2D eigenvalue weighted by Crippen LogP contribution is 2.25. The van der Waals surface area contributed by atoms with Crippen LogP contribution in [0.3, 0.4) is 0 Å². The summed E-state index contributed by atoms with van der Waals surface area (Å²) in [4.78, 5) is 20.3. The van der Waals surface area contributed by atoms with Crippen LogP contribution >= 0.6 is 11.3 Å². The molecule has 0 saturated heterocycles. The maximum atomic E-state index is 12.3. The van der Waals surface area contributed by atoms with Crippen molar-refractivity contribution < 1.29 is 4.79 Å². The molecule has 2 N–H and O–H groups in total. The molecule has 1 aromatic heterocycles. The van der Waals surface area contributed by atoms with E-state index in [4.69, 9.17) is 5.73 Å². The van der Waals surface area contributed by atoms with Crippen LogP contribution in [-0.4, -0.2) is 36.9 Å². The molecule has 0 bridgehead atoms. The number of aromatic nitrogens is 1. The largest absolute Gasteiger partial charge is 0.399 e. The van der Waals surface area contributed by atoms with Crippen molar-refractivity contribution in [1.29, 1.82) is 0 Å². The molecule has 0 fully saturated rings. The van der Waals surface area contributed by atoms with Gasteiger partial charge < -0.3 is 15.5 Å². The summed E-state index contributed by atoms with van der Waals surface area (Å²) >= 11 is 1.62. The molecule has 1 amide bonds. The van der Waals surface area contributed by atoms with Gasteiger partial charge in [0.25, 0.3) is 5.91 Å². The number of thiazole rings is 1. The monoisotopic (exact) mass is 304 g/mol. The fourth-order valence-corrected chi connectivity index (χ4v) is 2.70. The van der Waals surface area contributed by atoms with Crippen LogP contribution in [-0.2, 0) is 6.54 Å². The fourth-order valence-electron chi connectivity index (χ4n) is 2.10. The number of aryl methyl sites for hydroxylation is 1. The molecule has 0 aliphatic rings. The highest BCUT2D eigenvalue weighted by atomic mass is 32.1. The number of nitrogens with two attached hydrogens (primary N) is 1. The van der Waals surface area contributed by atoms with Gasteiger partial charge in [0.1, 0.15) is 0 Å². The summed E-state index contributed by atoms with van der Waals surface area (Å²) in [5.41, 5.74) is 8.97. The van der Waals surface area contributed by atoms with Gasteiger partial charge in [-0.1, -0.05) is 0 Å². The van der Waals surface area contributed by atoms with Crippen molar-refractivity contribution >= 4 is 28.6 Å². The number of hydrogen-bond donors (Lipinski definition) is 1. The molecule has 2 aromatic rings. The lowest BCUT2D eigenvalue weighted by atomic mass is 10.1. The van der Waals surface area contributed by atoms with Crippen molar-refractivity contribution in [3.63, 3.8) is 0 Å². The van der Waals surface area contributed by atoms with Gasteiger partial charge in [-0.2, -0.15) is 0 Å². The van der Waals surface area contributed by atoms with E-state index < -0.39 is 0 Å². The molecule has 112 valence electrons. The Labute approximate surface area is 129 Å². The van der Waals surface area contributed by atoms with Crippen molar-refractivity contribution in [3.8, 4) is 0 Å². The summed E-state index contributed by atoms with van der Waals surface area (Å²) in [6, 6.07) is 5.35. The van der Waals surface area contributed by atoms with Gasteiger partial charge in [-0.3, -0.25) is 4.79 Å². The fraction of sp³-hybridized carbons (Fsp3) is 0.333. The lowest BCUT2D eigenvalue weighted by molar-refractivity contribution is 0.0828. The molecule has 0 aliphatic carbocycles. The number of rotatable bonds is 4. The lowest BCUT2D eigenvalue weighted by Crippen LogP contribution is -2.26. The van der Waals surface area contributed by atoms with Gasteiger partial charge in [0.05, 0.1) is 28.5 Å². The maximum absolute atomic E-state index is 12.3. The third kappa shape index (κ3) is 3.52. The zero-order valence-corrected chi connectivity index (χ0v) is 13.6. The second-order valence-corrected chi connectivity index (χ2v) is 6.25. The van der Waals surface area contributed by atoms with E-state index in [-0.39, 0.29) is 5.91 Å². The molecule has 1 heterocycles. The maximum Gasteiger partial charge on any atom is 0.255 e. The van der Waals surface area contributed by atoms with Crippen LogP contribution in [0, 0.1) is 6.92 Å². The van der Waals surface area contributed by atoms with E-state index in [0.717, 1.165) is 16.4 Å². The standard InChI is InChI=1S/C15H20N4OS/c1-10-17-12(9-21-10)8-19(4)14-7-11(16)5-6-13(14)15(20)18(2)3/h5-7,9H,8,16H2,1-4H3. The van der Waals surface area contributed by atoms with Crippen LogP contribution in [0.4, 0.5) is 11.4 Å². The molecule has 2 rings (SSSR count). The van der Waals surface area contributed by atoms with E-state index in [9.17, 15) is 4.79 Å². The van der Waals surface area contributed by atoms with E-state index in [1.807, 2.05) is 30.3 Å². The molecular formula is C15H20N4OS. The smallest absolute Gasteiger partial charge is 0.255 e. The molecule has 0 atom stereocenters. The van der Waals surface area contributed by atoms with Crippen molar-refractivity contribution in [2.24, 2.45) is 0 Å². The van der Waals surface area contributed by atoms with Gasteiger partial charge in [0, 0.05) is 32.2 Å². The van der Waals surface area contributed by atoms with Crippen molar-refractivity contribution in [2.75, 3.05) is 31.8 Å². The summed E-state index contributed by atoms with van der Waals surface area (Å²) in [5.74, 6) is -0.0358. The highest BCUT2D eigenvalue weighted by molar-refractivity contribution is 7.09. The Morgan fingerprint density at radius 1 is 1.33 bits per heavy atom. The van der Waals surface area contributed by atoms with Crippen LogP contribution < -0.4 is 10.6 Å². The first-order valence-electron chi connectivity index (χ1n) is 6.62. The number of benzene rings is 1. The molecule has 5 nitrogen and oxygen atoms in total. The third-order valence-electron chi connectivity index (χ3n) is 3.14. The number of nitrogens with zero attached hydrogens (tertiary/aromatic N) is 3. The summed E-state index contributed by atoms with van der Waals surface area (Å²) < 4.78 is 0. The summed E-state index contributed by atoms with van der Waals surface area (Å²) in [7, 11) is 5.43. The average Bonchev–Trinajstić information content (AvgIpc) is 2.83. The molecule has 6 heteroatoms. The predicted molar refractivity (Wildman–Crippen MR) is 87.8 cm³/mol. The van der Waals surface area contributed by atoms with Gasteiger partial charge in [-0.05, 0) is 25.1 Å². The molecule has 0 radical (unpaired) electrons. The topological polar surface area (TPSA) is 62.5 Å². The zero-order valence-electron chi connectivity index (χ0n) is 12.8. The van der Waals surface area contributed by atoms with E-state index in [0.29, 0.717) is 17.8 Å². The van der Waals surface area contributed by atoms with Crippen molar-refractivity contribution in [1.82, 2.24) is 9.88 Å². The number of anilines is 2. The van der Waals surface area contributed by atoms with Crippen molar-refractivity contribution in [2.45, 2.75) is 13.5 Å². The van der Waals surface area contributed by atoms with Gasteiger partial charge in [-0.25, -0.2) is 4.98 Å². The van der Waals surface area contributed by atoms with E-state index >= 15 is 0 Å². The summed E-state index contributed by atoms with van der Waals surface area (Å²) in [6.45, 7) is 2.62. The number of carbonyl (C=O) groups excluding carboxylic acids is 1. The minimum Gasteiger partial charge on any atom is -0.399 e. The molecule has 0 spiro atoms. The Balaban J connectivity index is 2.32. The van der Waals surface area contributed by atoms with Gasteiger partial charge in [0.15, 0.2) is 0 Å². The first-order chi connectivity index (χ1) is 9.88. The van der Waals surface area contributed by atoms with Crippen LogP contribution in [0.1, 0.15) is 21.1 Å². The minimum absolute atomic E-state index is 0.0358. The number of carbonyl (C=O) groups is 1. The van der Waals surface area contributed by atoms with E-state index in [1.165, 1.54) is 0 Å². The second kappa shape index (κ2) is 6.13. The quantitative estimate of drug-likeness (QED) is 0.881. The van der Waals surface area contributed by atoms with Crippen LogP contribution in [0.5, 0.6) is 0 Å². The number of amides is 1.